The van der Waals surface area contributed by atoms with Crippen molar-refractivity contribution in [3.8, 4) is 5.75 Å². The minimum Gasteiger partial charge on any atom is -0.489 e. The van der Waals surface area contributed by atoms with E-state index in [9.17, 15) is 21.6 Å². The number of likely N-dealkylation sites (tertiary alicyclic amines) is 1. The summed E-state index contributed by atoms with van der Waals surface area (Å²) in [5.41, 5.74) is 2.19. The highest BCUT2D eigenvalue weighted by molar-refractivity contribution is 7.92. The Morgan fingerprint density at radius 1 is 0.952 bits per heavy atom. The van der Waals surface area contributed by atoms with E-state index in [1.165, 1.54) is 0 Å². The van der Waals surface area contributed by atoms with E-state index in [2.05, 4.69) is 0 Å². The first-order chi connectivity index (χ1) is 20.0. The van der Waals surface area contributed by atoms with Crippen LogP contribution in [-0.2, 0) is 37.4 Å². The van der Waals surface area contributed by atoms with Crippen molar-refractivity contribution in [3.05, 3.63) is 93.5 Å². The molecule has 0 N–H and O–H groups in total. The van der Waals surface area contributed by atoms with Crippen LogP contribution in [0.25, 0.3) is 0 Å². The number of halogens is 2. The van der Waals surface area contributed by atoms with E-state index < -0.39 is 30.5 Å². The number of rotatable bonds is 5. The highest BCUT2D eigenvalue weighted by atomic mass is 35.5. The van der Waals surface area contributed by atoms with E-state index >= 15 is 0 Å². The minimum atomic E-state index is -3.95. The van der Waals surface area contributed by atoms with Gasteiger partial charge in [-0.05, 0) is 66.8 Å². The highest BCUT2D eigenvalue weighted by Gasteiger charge is 2.61. The van der Waals surface area contributed by atoms with Crippen LogP contribution in [0.1, 0.15) is 29.5 Å². The number of carbonyl (C=O) groups excluding carboxylic acids is 1. The monoisotopic (exact) mass is 648 g/mol. The molecule has 6 rings (SSSR count). The van der Waals surface area contributed by atoms with Crippen LogP contribution < -0.4 is 4.74 Å². The first-order valence-corrected chi connectivity index (χ1v) is 17.8. The summed E-state index contributed by atoms with van der Waals surface area (Å²) in [5, 5.41) is 0.997. The number of carbonyl (C=O) groups is 1. The normalized spacial score (nSPS) is 23.2. The topological polar surface area (TPSA) is 101 Å². The molecule has 2 aliphatic heterocycles. The average Bonchev–Trinajstić information content (AvgIpc) is 3.39. The molecular formula is C30H30Cl2N2O6S2. The molecule has 1 aliphatic carbocycles. The Labute approximate surface area is 256 Å². The Morgan fingerprint density at radius 3 is 2.33 bits per heavy atom. The van der Waals surface area contributed by atoms with Crippen LogP contribution in [0.15, 0.2) is 71.6 Å². The Morgan fingerprint density at radius 2 is 1.64 bits per heavy atom. The third kappa shape index (κ3) is 4.96. The van der Waals surface area contributed by atoms with Gasteiger partial charge in [0.1, 0.15) is 17.1 Å². The SMILES string of the molecule is O=C(N1CCS(=O)(=O)CC1)N1CC[C@@]2(S(=O)(=O)c3ccccc3)c3ccc(OCc4c(Cl)cccc4Cl)cc3CC[C@@H]12. The molecule has 3 aliphatic rings. The standard InChI is InChI=1S/C30H30Cl2N2O6S2/c31-26-7-4-8-27(32)24(26)20-40-22-10-11-25-21(19-22)9-12-28-30(25,42(38,39)23-5-2-1-3-6-23)13-14-34(28)29(35)33-15-17-41(36,37)18-16-33/h1-8,10-11,19,28H,9,12-18,20H2/t28-,30-/m1/s1. The maximum absolute atomic E-state index is 14.6. The number of hydrogen-bond acceptors (Lipinski definition) is 6. The molecule has 3 aromatic carbocycles. The van der Waals surface area contributed by atoms with Crippen LogP contribution in [0, 0.1) is 0 Å². The van der Waals surface area contributed by atoms with Gasteiger partial charge in [0.25, 0.3) is 0 Å². The molecule has 3 aromatic rings. The second-order valence-corrected chi connectivity index (χ2v) is 16.3. The van der Waals surface area contributed by atoms with Crippen LogP contribution in [0.3, 0.4) is 0 Å². The van der Waals surface area contributed by atoms with Gasteiger partial charge in [0.15, 0.2) is 19.7 Å². The zero-order valence-corrected chi connectivity index (χ0v) is 25.9. The Balaban J connectivity index is 1.36. The quantitative estimate of drug-likeness (QED) is 0.381. The fourth-order valence-electron chi connectivity index (χ4n) is 6.54. The van der Waals surface area contributed by atoms with Gasteiger partial charge in [0.2, 0.25) is 0 Å². The lowest BCUT2D eigenvalue weighted by Gasteiger charge is -2.43. The summed E-state index contributed by atoms with van der Waals surface area (Å²) in [5.74, 6) is 0.390. The molecule has 0 saturated carbocycles. The maximum atomic E-state index is 14.6. The molecule has 0 unspecified atom stereocenters. The van der Waals surface area contributed by atoms with E-state index in [-0.39, 0.29) is 55.1 Å². The van der Waals surface area contributed by atoms with Gasteiger partial charge in [-0.2, -0.15) is 0 Å². The molecule has 0 aromatic heterocycles. The van der Waals surface area contributed by atoms with Gasteiger partial charge in [-0.15, -0.1) is 0 Å². The van der Waals surface area contributed by atoms with Crippen molar-refractivity contribution in [2.45, 2.75) is 41.6 Å². The molecule has 2 amide bonds. The summed E-state index contributed by atoms with van der Waals surface area (Å²) >= 11 is 12.6. The van der Waals surface area contributed by atoms with Crippen molar-refractivity contribution < 1.29 is 26.4 Å². The lowest BCUT2D eigenvalue weighted by Crippen LogP contribution is -2.56. The van der Waals surface area contributed by atoms with Crippen molar-refractivity contribution in [2.24, 2.45) is 0 Å². The molecule has 0 radical (unpaired) electrons. The molecule has 2 atom stereocenters. The fraction of sp³-hybridized carbons (Fsp3) is 0.367. The first kappa shape index (κ1) is 29.3. The Bertz CT molecular complexity index is 1720. The molecule has 2 fully saturated rings. The minimum absolute atomic E-state index is 0.0876. The zero-order chi connectivity index (χ0) is 29.7. The second kappa shape index (κ2) is 11.0. The van der Waals surface area contributed by atoms with Gasteiger partial charge in [-0.25, -0.2) is 21.6 Å². The van der Waals surface area contributed by atoms with Gasteiger partial charge in [-0.3, -0.25) is 0 Å². The van der Waals surface area contributed by atoms with Crippen LogP contribution in [-0.4, -0.2) is 69.8 Å². The molecule has 8 nitrogen and oxygen atoms in total. The third-order valence-electron chi connectivity index (χ3n) is 8.70. The number of urea groups is 1. The molecule has 0 bridgehead atoms. The van der Waals surface area contributed by atoms with Crippen molar-refractivity contribution >= 4 is 48.9 Å². The average molecular weight is 650 g/mol. The number of aryl methyl sites for hydroxylation is 1. The van der Waals surface area contributed by atoms with E-state index in [0.717, 1.165) is 5.56 Å². The van der Waals surface area contributed by atoms with Gasteiger partial charge in [0.05, 0.1) is 22.4 Å². The number of ether oxygens (including phenoxy) is 1. The molecular weight excluding hydrogens is 619 g/mol. The summed E-state index contributed by atoms with van der Waals surface area (Å²) in [7, 11) is -7.13. The van der Waals surface area contributed by atoms with Crippen LogP contribution in [0.2, 0.25) is 10.0 Å². The van der Waals surface area contributed by atoms with Crippen molar-refractivity contribution in [3.63, 3.8) is 0 Å². The summed E-state index contributed by atoms with van der Waals surface area (Å²) in [6.07, 6.45) is 1.22. The first-order valence-electron chi connectivity index (χ1n) is 13.8. The van der Waals surface area contributed by atoms with E-state index in [4.69, 9.17) is 27.9 Å². The lowest BCUT2D eigenvalue weighted by atomic mass is 9.78. The molecule has 12 heteroatoms. The van der Waals surface area contributed by atoms with Crippen molar-refractivity contribution in [1.29, 1.82) is 0 Å². The van der Waals surface area contributed by atoms with Gasteiger partial charge in [-0.1, -0.05) is 53.5 Å². The van der Waals surface area contributed by atoms with Crippen molar-refractivity contribution in [1.82, 2.24) is 9.80 Å². The number of benzene rings is 3. The largest absolute Gasteiger partial charge is 0.489 e. The number of fused-ring (bicyclic) bond motifs is 3. The molecule has 2 heterocycles. The number of nitrogens with zero attached hydrogens (tertiary/aromatic N) is 2. The predicted molar refractivity (Wildman–Crippen MR) is 162 cm³/mol. The summed E-state index contributed by atoms with van der Waals surface area (Å²) in [6.45, 7) is 0.619. The summed E-state index contributed by atoms with van der Waals surface area (Å²) in [6, 6.07) is 18.2. The third-order valence-corrected chi connectivity index (χ3v) is 13.6. The number of sulfone groups is 2. The van der Waals surface area contributed by atoms with Gasteiger partial charge < -0.3 is 14.5 Å². The maximum Gasteiger partial charge on any atom is 0.320 e. The summed E-state index contributed by atoms with van der Waals surface area (Å²) in [4.78, 5) is 17.1. The van der Waals surface area contributed by atoms with E-state index in [1.807, 2.05) is 12.1 Å². The molecule has 2 saturated heterocycles. The van der Waals surface area contributed by atoms with Crippen molar-refractivity contribution in [2.75, 3.05) is 31.1 Å². The summed E-state index contributed by atoms with van der Waals surface area (Å²) < 4.78 is 57.8. The Hall–Kier alpha value is -2.79. The predicted octanol–water partition coefficient (Wildman–Crippen LogP) is 5.11. The van der Waals surface area contributed by atoms with E-state index in [1.54, 1.807) is 64.4 Å². The Kier molecular flexibility index (Phi) is 7.70. The molecule has 222 valence electrons. The van der Waals surface area contributed by atoms with Gasteiger partial charge in [0, 0.05) is 35.2 Å². The van der Waals surface area contributed by atoms with Crippen LogP contribution >= 0.6 is 23.2 Å². The fourth-order valence-corrected chi connectivity index (χ4v) is 10.6. The highest BCUT2D eigenvalue weighted by Crippen LogP contribution is 2.53. The zero-order valence-electron chi connectivity index (χ0n) is 22.7. The molecule has 42 heavy (non-hydrogen) atoms. The molecule has 0 spiro atoms. The number of hydrogen-bond donors (Lipinski definition) is 0. The number of amides is 2. The van der Waals surface area contributed by atoms with Crippen LogP contribution in [0.4, 0.5) is 4.79 Å². The van der Waals surface area contributed by atoms with E-state index in [0.29, 0.717) is 39.8 Å². The second-order valence-electron chi connectivity index (χ2n) is 10.9. The van der Waals surface area contributed by atoms with Gasteiger partial charge >= 0.3 is 6.03 Å². The smallest absolute Gasteiger partial charge is 0.320 e. The lowest BCUT2D eigenvalue weighted by molar-refractivity contribution is 0.143. The van der Waals surface area contributed by atoms with Crippen LogP contribution in [0.5, 0.6) is 5.75 Å².